The Kier molecular flexibility index (Phi) is 5.00. The molecule has 3 N–H and O–H groups in total. The molecule has 0 aliphatic carbocycles. The topological polar surface area (TPSA) is 51.1 Å². The molecule has 0 spiro atoms. The van der Waals surface area contributed by atoms with E-state index in [9.17, 15) is 4.79 Å². The van der Waals surface area contributed by atoms with Crippen LogP contribution in [-0.4, -0.2) is 38.6 Å². The van der Waals surface area contributed by atoms with E-state index in [1.54, 1.807) is 6.26 Å². The Morgan fingerprint density at radius 3 is 2.50 bits per heavy atom. The van der Waals surface area contributed by atoms with Crippen molar-refractivity contribution < 1.29 is 19.0 Å². The maximum Gasteiger partial charge on any atom is 0.279 e. The number of fused-ring (bicyclic) bond motifs is 1. The van der Waals surface area contributed by atoms with Crippen LogP contribution in [0.2, 0.25) is 0 Å². The molecule has 5 nitrogen and oxygen atoms in total. The Hall–Kier alpha value is -2.63. The third-order valence-electron chi connectivity index (χ3n) is 5.14. The van der Waals surface area contributed by atoms with Gasteiger partial charge in [0.1, 0.15) is 32.7 Å². The third kappa shape index (κ3) is 3.95. The Balaban J connectivity index is 1.30. The van der Waals surface area contributed by atoms with E-state index in [2.05, 4.69) is 23.5 Å². The second-order valence-corrected chi connectivity index (χ2v) is 7.01. The number of rotatable bonds is 5. The van der Waals surface area contributed by atoms with E-state index < -0.39 is 0 Å². The van der Waals surface area contributed by atoms with Gasteiger partial charge in [-0.05, 0) is 23.6 Å². The number of benzene rings is 2. The Morgan fingerprint density at radius 2 is 1.69 bits per heavy atom. The van der Waals surface area contributed by atoms with Crippen molar-refractivity contribution in [3.63, 3.8) is 0 Å². The maximum atomic E-state index is 12.5. The number of anilines is 1. The van der Waals surface area contributed by atoms with Crippen LogP contribution in [0.3, 0.4) is 0 Å². The van der Waals surface area contributed by atoms with Crippen molar-refractivity contribution >= 4 is 22.4 Å². The number of amides is 1. The van der Waals surface area contributed by atoms with E-state index >= 15 is 0 Å². The van der Waals surface area contributed by atoms with Crippen LogP contribution in [-0.2, 0) is 11.3 Å². The molecule has 0 saturated carbocycles. The zero-order valence-corrected chi connectivity index (χ0v) is 14.8. The molecule has 0 radical (unpaired) electrons. The molecule has 26 heavy (non-hydrogen) atoms. The SMILES string of the molecule is O=C(C[NH+]1CC[NH+](Cc2ccco2)CC1)Nc1cccc2ccccc12. The minimum Gasteiger partial charge on any atom is -0.463 e. The fourth-order valence-corrected chi connectivity index (χ4v) is 3.73. The van der Waals surface area contributed by atoms with E-state index in [1.165, 1.54) is 9.80 Å². The maximum absolute atomic E-state index is 12.5. The molecule has 0 unspecified atom stereocenters. The lowest BCUT2D eigenvalue weighted by molar-refractivity contribution is -1.02. The van der Waals surface area contributed by atoms with Gasteiger partial charge in [0.05, 0.1) is 6.26 Å². The van der Waals surface area contributed by atoms with Crippen molar-refractivity contribution in [2.45, 2.75) is 6.54 Å². The average molecular weight is 351 g/mol. The standard InChI is InChI=1S/C21H23N3O2/c25-21(22-20-9-3-6-17-5-1-2-8-19(17)20)16-24-12-10-23(11-13-24)15-18-7-4-14-26-18/h1-9,14H,10-13,15-16H2,(H,22,25)/p+2. The molecule has 134 valence electrons. The molecule has 1 amide bonds. The molecule has 5 heteroatoms. The van der Waals surface area contributed by atoms with Crippen molar-refractivity contribution in [2.75, 3.05) is 38.0 Å². The molecule has 4 rings (SSSR count). The molecule has 2 heterocycles. The Labute approximate surface area is 153 Å². The van der Waals surface area contributed by atoms with Gasteiger partial charge in [0.15, 0.2) is 12.3 Å². The number of hydrogen-bond acceptors (Lipinski definition) is 2. The van der Waals surface area contributed by atoms with Crippen molar-refractivity contribution in [1.29, 1.82) is 0 Å². The summed E-state index contributed by atoms with van der Waals surface area (Å²) in [7, 11) is 0. The minimum absolute atomic E-state index is 0.0887. The number of nitrogens with one attached hydrogen (secondary N) is 3. The van der Waals surface area contributed by atoms with E-state index in [1.807, 2.05) is 36.4 Å². The highest BCUT2D eigenvalue weighted by atomic mass is 16.3. The largest absolute Gasteiger partial charge is 0.463 e. The highest BCUT2D eigenvalue weighted by Gasteiger charge is 2.25. The first-order valence-corrected chi connectivity index (χ1v) is 9.25. The number of carbonyl (C=O) groups is 1. The average Bonchev–Trinajstić information content (AvgIpc) is 3.17. The molecule has 1 saturated heterocycles. The predicted molar refractivity (Wildman–Crippen MR) is 101 cm³/mol. The van der Waals surface area contributed by atoms with Crippen LogP contribution in [0, 0.1) is 0 Å². The summed E-state index contributed by atoms with van der Waals surface area (Å²) in [5, 5.41) is 5.33. The van der Waals surface area contributed by atoms with E-state index in [0.717, 1.165) is 54.9 Å². The van der Waals surface area contributed by atoms with Gasteiger partial charge in [-0.1, -0.05) is 36.4 Å². The quantitative estimate of drug-likeness (QED) is 0.622. The minimum atomic E-state index is 0.0887. The first kappa shape index (κ1) is 16.8. The van der Waals surface area contributed by atoms with Gasteiger partial charge in [0.25, 0.3) is 5.91 Å². The van der Waals surface area contributed by atoms with Gasteiger partial charge < -0.3 is 19.5 Å². The number of quaternary nitrogens is 2. The summed E-state index contributed by atoms with van der Waals surface area (Å²) < 4.78 is 5.44. The van der Waals surface area contributed by atoms with Crippen LogP contribution in [0.4, 0.5) is 5.69 Å². The van der Waals surface area contributed by atoms with Gasteiger partial charge in [-0.2, -0.15) is 0 Å². The molecular weight excluding hydrogens is 326 g/mol. The normalized spacial score (nSPS) is 20.2. The van der Waals surface area contributed by atoms with Gasteiger partial charge in [-0.15, -0.1) is 0 Å². The molecule has 1 fully saturated rings. The van der Waals surface area contributed by atoms with E-state index in [0.29, 0.717) is 6.54 Å². The van der Waals surface area contributed by atoms with Crippen LogP contribution in [0.1, 0.15) is 5.76 Å². The van der Waals surface area contributed by atoms with Crippen LogP contribution in [0.15, 0.2) is 65.3 Å². The van der Waals surface area contributed by atoms with Crippen molar-refractivity contribution in [3.05, 3.63) is 66.6 Å². The van der Waals surface area contributed by atoms with Gasteiger partial charge in [0, 0.05) is 11.1 Å². The van der Waals surface area contributed by atoms with Crippen molar-refractivity contribution in [3.8, 4) is 0 Å². The molecular formula is C21H25N3O2+2. The number of carbonyl (C=O) groups excluding carboxylic acids is 1. The molecule has 2 aromatic carbocycles. The summed E-state index contributed by atoms with van der Waals surface area (Å²) in [6, 6.07) is 18.1. The van der Waals surface area contributed by atoms with Gasteiger partial charge in [-0.25, -0.2) is 0 Å². The number of furan rings is 1. The fourth-order valence-electron chi connectivity index (χ4n) is 3.73. The summed E-state index contributed by atoms with van der Waals surface area (Å²) in [4.78, 5) is 15.4. The molecule has 0 bridgehead atoms. The second kappa shape index (κ2) is 7.72. The fraction of sp³-hybridized carbons (Fsp3) is 0.286. The van der Waals surface area contributed by atoms with Crippen molar-refractivity contribution in [2.24, 2.45) is 0 Å². The zero-order valence-electron chi connectivity index (χ0n) is 14.8. The van der Waals surface area contributed by atoms with Crippen LogP contribution >= 0.6 is 0 Å². The molecule has 1 aromatic heterocycles. The third-order valence-corrected chi connectivity index (χ3v) is 5.14. The lowest BCUT2D eigenvalue weighted by atomic mass is 10.1. The van der Waals surface area contributed by atoms with Crippen LogP contribution < -0.4 is 15.1 Å². The summed E-state index contributed by atoms with van der Waals surface area (Å²) in [6.45, 7) is 5.62. The van der Waals surface area contributed by atoms with E-state index in [-0.39, 0.29) is 5.91 Å². The summed E-state index contributed by atoms with van der Waals surface area (Å²) >= 11 is 0. The highest BCUT2D eigenvalue weighted by Crippen LogP contribution is 2.22. The van der Waals surface area contributed by atoms with Gasteiger partial charge in [-0.3, -0.25) is 4.79 Å². The summed E-state index contributed by atoms with van der Waals surface area (Å²) in [6.07, 6.45) is 1.73. The van der Waals surface area contributed by atoms with Crippen molar-refractivity contribution in [1.82, 2.24) is 0 Å². The Bertz CT molecular complexity index is 863. The summed E-state index contributed by atoms with van der Waals surface area (Å²) in [5.74, 6) is 1.13. The molecule has 1 aliphatic heterocycles. The zero-order chi connectivity index (χ0) is 17.8. The Morgan fingerprint density at radius 1 is 0.923 bits per heavy atom. The molecule has 3 aromatic rings. The second-order valence-electron chi connectivity index (χ2n) is 7.01. The highest BCUT2D eigenvalue weighted by molar-refractivity contribution is 6.02. The van der Waals surface area contributed by atoms with Gasteiger partial charge >= 0.3 is 0 Å². The van der Waals surface area contributed by atoms with Gasteiger partial charge in [0.2, 0.25) is 0 Å². The lowest BCUT2D eigenvalue weighted by Gasteiger charge is -2.28. The predicted octanol–water partition coefficient (Wildman–Crippen LogP) is 0.355. The first-order chi connectivity index (χ1) is 12.8. The van der Waals surface area contributed by atoms with Crippen LogP contribution in [0.25, 0.3) is 10.8 Å². The molecule has 1 aliphatic rings. The smallest absolute Gasteiger partial charge is 0.279 e. The molecule has 0 atom stereocenters. The monoisotopic (exact) mass is 351 g/mol. The lowest BCUT2D eigenvalue weighted by Crippen LogP contribution is -3.28. The van der Waals surface area contributed by atoms with E-state index in [4.69, 9.17) is 4.42 Å². The summed E-state index contributed by atoms with van der Waals surface area (Å²) in [5.41, 5.74) is 0.898. The number of hydrogen-bond donors (Lipinski definition) is 3. The first-order valence-electron chi connectivity index (χ1n) is 9.25. The number of piperazine rings is 1. The van der Waals surface area contributed by atoms with Crippen LogP contribution in [0.5, 0.6) is 0 Å².